The molecule has 2 aromatic carbocycles. The summed E-state index contributed by atoms with van der Waals surface area (Å²) in [5.74, 6) is -3.43. The van der Waals surface area contributed by atoms with Gasteiger partial charge in [-0.25, -0.2) is 17.2 Å². The van der Waals surface area contributed by atoms with E-state index in [-0.39, 0.29) is 52.3 Å². The highest BCUT2D eigenvalue weighted by Gasteiger charge is 2.56. The third kappa shape index (κ3) is 5.09. The normalized spacial score (nSPS) is 26.5. The van der Waals surface area contributed by atoms with Gasteiger partial charge in [-0.15, -0.1) is 0 Å². The first kappa shape index (κ1) is 26.0. The Morgan fingerprint density at radius 1 is 1.11 bits per heavy atom. The topological polar surface area (TPSA) is 104 Å². The maximum atomic E-state index is 13.6. The zero-order valence-corrected chi connectivity index (χ0v) is 21.0. The molecule has 0 aliphatic heterocycles. The summed E-state index contributed by atoms with van der Waals surface area (Å²) in [7, 11) is -3.95. The van der Waals surface area contributed by atoms with Gasteiger partial charge in [0.25, 0.3) is 5.91 Å². The SMILES string of the molecule is CC(C)(O)C[C@@]1(O)C2CC[C@H]1C[C@H](S(=O)(=O)c1cc(C(=O)Nc3ccc(F)c(F)c3)ccc1Cl)C2. The van der Waals surface area contributed by atoms with Gasteiger partial charge in [-0.2, -0.15) is 0 Å². The molecule has 1 unspecified atom stereocenters. The van der Waals surface area contributed by atoms with Crippen molar-refractivity contribution in [1.29, 1.82) is 0 Å². The zero-order chi connectivity index (χ0) is 25.8. The second-order valence-corrected chi connectivity index (χ2v) is 12.9. The highest BCUT2D eigenvalue weighted by Crippen LogP contribution is 2.54. The van der Waals surface area contributed by atoms with Crippen LogP contribution >= 0.6 is 11.6 Å². The van der Waals surface area contributed by atoms with Crippen molar-refractivity contribution in [2.24, 2.45) is 11.8 Å². The van der Waals surface area contributed by atoms with Gasteiger partial charge in [0.05, 0.1) is 26.4 Å². The average molecular weight is 528 g/mol. The molecule has 190 valence electrons. The van der Waals surface area contributed by atoms with E-state index in [9.17, 15) is 32.2 Å². The Hall–Kier alpha value is -2.07. The molecular formula is C25H28ClF2NO5S. The molecule has 0 heterocycles. The zero-order valence-electron chi connectivity index (χ0n) is 19.4. The molecule has 0 radical (unpaired) electrons. The smallest absolute Gasteiger partial charge is 0.255 e. The van der Waals surface area contributed by atoms with E-state index in [1.807, 2.05) is 0 Å². The molecular weight excluding hydrogens is 500 g/mol. The van der Waals surface area contributed by atoms with E-state index in [4.69, 9.17) is 11.6 Å². The Kier molecular flexibility index (Phi) is 6.76. The van der Waals surface area contributed by atoms with Crippen LogP contribution in [0.4, 0.5) is 14.5 Å². The fourth-order valence-electron chi connectivity index (χ4n) is 5.66. The predicted octanol–water partition coefficient (Wildman–Crippen LogP) is 4.72. The van der Waals surface area contributed by atoms with Gasteiger partial charge < -0.3 is 15.5 Å². The quantitative estimate of drug-likeness (QED) is 0.504. The summed E-state index contributed by atoms with van der Waals surface area (Å²) in [5.41, 5.74) is -2.20. The van der Waals surface area contributed by atoms with E-state index in [0.717, 1.165) is 12.1 Å². The molecule has 10 heteroatoms. The van der Waals surface area contributed by atoms with Crippen molar-refractivity contribution in [2.45, 2.75) is 67.3 Å². The number of carbonyl (C=O) groups excluding carboxylic acids is 1. The number of hydrogen-bond acceptors (Lipinski definition) is 5. The molecule has 1 amide bonds. The van der Waals surface area contributed by atoms with Crippen LogP contribution in [0, 0.1) is 23.5 Å². The van der Waals surface area contributed by atoms with E-state index in [2.05, 4.69) is 5.32 Å². The Morgan fingerprint density at radius 2 is 1.74 bits per heavy atom. The number of rotatable bonds is 6. The van der Waals surface area contributed by atoms with E-state index < -0.39 is 43.8 Å². The van der Waals surface area contributed by atoms with E-state index in [1.54, 1.807) is 13.8 Å². The van der Waals surface area contributed by atoms with Crippen LogP contribution < -0.4 is 5.32 Å². The molecule has 35 heavy (non-hydrogen) atoms. The molecule has 4 atom stereocenters. The number of sulfone groups is 1. The first-order valence-electron chi connectivity index (χ1n) is 11.5. The summed E-state index contributed by atoms with van der Waals surface area (Å²) in [5, 5.41) is 23.2. The van der Waals surface area contributed by atoms with E-state index in [0.29, 0.717) is 12.8 Å². The molecule has 3 N–H and O–H groups in total. The fraction of sp³-hybridized carbons (Fsp3) is 0.480. The number of hydrogen-bond donors (Lipinski definition) is 3. The number of carbonyl (C=O) groups is 1. The summed E-state index contributed by atoms with van der Waals surface area (Å²) in [6, 6.07) is 6.75. The van der Waals surface area contributed by atoms with Crippen LogP contribution in [0.5, 0.6) is 0 Å². The lowest BCUT2D eigenvalue weighted by molar-refractivity contribution is -0.109. The monoisotopic (exact) mass is 527 g/mol. The van der Waals surface area contributed by atoms with Gasteiger partial charge in [0.15, 0.2) is 21.5 Å². The standard InChI is InChI=1S/C25H28ClF2NO5S/c1-24(2,31)13-25(32)15-4-5-16(25)11-18(10-15)35(33,34)22-9-14(3-7-19(22)26)23(30)29-17-6-8-20(27)21(28)12-17/h3,6-9,12,15-16,18,31-32H,4-5,10-11,13H2,1-2H3,(H,29,30)/t15-,16?,18-,25-/m0/s1. The molecule has 2 fully saturated rings. The third-order valence-corrected chi connectivity index (χ3v) is 9.86. The summed E-state index contributed by atoms with van der Waals surface area (Å²) in [6.07, 6.45) is 1.98. The number of halogens is 3. The largest absolute Gasteiger partial charge is 0.390 e. The van der Waals surface area contributed by atoms with Crippen LogP contribution in [0.15, 0.2) is 41.3 Å². The van der Waals surface area contributed by atoms with Crippen LogP contribution in [0.2, 0.25) is 5.02 Å². The number of nitrogens with one attached hydrogen (secondary N) is 1. The Morgan fingerprint density at radius 3 is 2.31 bits per heavy atom. The van der Waals surface area contributed by atoms with Crippen LogP contribution in [0.1, 0.15) is 56.3 Å². The lowest BCUT2D eigenvalue weighted by atomic mass is 9.69. The van der Waals surface area contributed by atoms with Crippen molar-refractivity contribution in [2.75, 3.05) is 5.32 Å². The minimum absolute atomic E-state index is 0.00461. The van der Waals surface area contributed by atoms with Crippen LogP contribution in [-0.4, -0.2) is 41.0 Å². The fourth-order valence-corrected chi connectivity index (χ4v) is 8.07. The molecule has 2 aliphatic carbocycles. The Balaban J connectivity index is 1.58. The van der Waals surface area contributed by atoms with Gasteiger partial charge in [0.1, 0.15) is 0 Å². The molecule has 6 nitrogen and oxygen atoms in total. The summed E-state index contributed by atoms with van der Waals surface area (Å²) >= 11 is 6.25. The maximum Gasteiger partial charge on any atom is 0.255 e. The first-order valence-corrected chi connectivity index (χ1v) is 13.4. The predicted molar refractivity (Wildman–Crippen MR) is 128 cm³/mol. The van der Waals surface area contributed by atoms with E-state index >= 15 is 0 Å². The first-order chi connectivity index (χ1) is 16.2. The van der Waals surface area contributed by atoms with Crippen molar-refractivity contribution in [3.63, 3.8) is 0 Å². The Bertz CT molecular complexity index is 1250. The molecule has 2 bridgehead atoms. The van der Waals surface area contributed by atoms with Gasteiger partial charge in [-0.3, -0.25) is 4.79 Å². The number of fused-ring (bicyclic) bond motifs is 2. The molecule has 2 aliphatic rings. The lowest BCUT2D eigenvalue weighted by Crippen LogP contribution is -2.51. The van der Waals surface area contributed by atoms with Gasteiger partial charge in [0, 0.05) is 23.7 Å². The summed E-state index contributed by atoms with van der Waals surface area (Å²) in [6.45, 7) is 3.26. The number of aliphatic hydroxyl groups is 2. The van der Waals surface area contributed by atoms with Crippen LogP contribution in [-0.2, 0) is 9.84 Å². The summed E-state index contributed by atoms with van der Waals surface area (Å²) in [4.78, 5) is 12.5. The van der Waals surface area contributed by atoms with Crippen molar-refractivity contribution < 1.29 is 32.2 Å². The molecule has 0 saturated heterocycles. The Labute approximate surface area is 208 Å². The highest BCUT2D eigenvalue weighted by atomic mass is 35.5. The van der Waals surface area contributed by atoms with Crippen molar-refractivity contribution in [1.82, 2.24) is 0 Å². The van der Waals surface area contributed by atoms with Crippen molar-refractivity contribution in [3.05, 3.63) is 58.6 Å². The number of benzene rings is 2. The van der Waals surface area contributed by atoms with Gasteiger partial charge in [-0.1, -0.05) is 11.6 Å². The maximum absolute atomic E-state index is 13.6. The third-order valence-electron chi connectivity index (χ3n) is 7.20. The van der Waals surface area contributed by atoms with E-state index in [1.165, 1.54) is 24.3 Å². The lowest BCUT2D eigenvalue weighted by Gasteiger charge is -2.45. The van der Waals surface area contributed by atoms with Crippen LogP contribution in [0.25, 0.3) is 0 Å². The number of anilines is 1. The number of amides is 1. The van der Waals surface area contributed by atoms with Gasteiger partial charge in [-0.05, 0) is 81.7 Å². The van der Waals surface area contributed by atoms with Crippen molar-refractivity contribution in [3.8, 4) is 0 Å². The van der Waals surface area contributed by atoms with Crippen molar-refractivity contribution >= 4 is 33.0 Å². The minimum atomic E-state index is -3.95. The average Bonchev–Trinajstić information content (AvgIpc) is 2.92. The summed E-state index contributed by atoms with van der Waals surface area (Å²) < 4.78 is 53.8. The van der Waals surface area contributed by atoms with Crippen LogP contribution in [0.3, 0.4) is 0 Å². The molecule has 0 aromatic heterocycles. The second kappa shape index (κ2) is 9.10. The molecule has 2 saturated carbocycles. The molecule has 2 aromatic rings. The molecule has 4 rings (SSSR count). The molecule has 0 spiro atoms. The second-order valence-electron chi connectivity index (χ2n) is 10.3. The van der Waals surface area contributed by atoms with Gasteiger partial charge >= 0.3 is 0 Å². The highest BCUT2D eigenvalue weighted by molar-refractivity contribution is 7.92. The minimum Gasteiger partial charge on any atom is -0.390 e. The van der Waals surface area contributed by atoms with Gasteiger partial charge in [0.2, 0.25) is 0 Å².